The number of nitrogens with zero attached hydrogens (tertiary/aromatic N) is 1. The zero-order chi connectivity index (χ0) is 18.9. The molecule has 2 aromatic rings. The Hall–Kier alpha value is -1.69. The topological polar surface area (TPSA) is 66.6 Å². The van der Waals surface area contributed by atoms with Gasteiger partial charge in [-0.1, -0.05) is 45.0 Å². The molecule has 5 heteroatoms. The van der Waals surface area contributed by atoms with Gasteiger partial charge in [-0.25, -0.2) is 9.80 Å². The predicted molar refractivity (Wildman–Crippen MR) is 107 cm³/mol. The van der Waals surface area contributed by atoms with Crippen molar-refractivity contribution in [3.63, 3.8) is 0 Å². The fraction of sp³-hybridized carbons (Fsp3) is 0.476. The quantitative estimate of drug-likeness (QED) is 0.569. The summed E-state index contributed by atoms with van der Waals surface area (Å²) in [4.78, 5) is 14.3. The molecule has 4 nitrogen and oxygen atoms in total. The third-order valence-electron chi connectivity index (χ3n) is 5.13. The van der Waals surface area contributed by atoms with Crippen LogP contribution >= 0.6 is 11.3 Å². The standard InChI is InChI=1S/C21H28N2O2S/c1-4-11-23(22)13-14-7-5-6-8-15(14)19-18(20(24)25)16-12-21(2,3)10-9-17(16)26-19/h5-8H,4,9-13,22H2,1-3H3,(H,24,25). The van der Waals surface area contributed by atoms with Crippen LogP contribution in [0.15, 0.2) is 24.3 Å². The summed E-state index contributed by atoms with van der Waals surface area (Å²) < 4.78 is 0. The molecule has 26 heavy (non-hydrogen) atoms. The summed E-state index contributed by atoms with van der Waals surface area (Å²) in [5.74, 6) is 5.30. The van der Waals surface area contributed by atoms with E-state index in [0.717, 1.165) is 53.8 Å². The predicted octanol–water partition coefficient (Wildman–Crippen LogP) is 4.71. The van der Waals surface area contributed by atoms with Crippen molar-refractivity contribution in [2.45, 2.75) is 53.0 Å². The molecule has 1 aromatic heterocycles. The van der Waals surface area contributed by atoms with Crippen LogP contribution in [-0.2, 0) is 19.4 Å². The van der Waals surface area contributed by atoms with E-state index in [4.69, 9.17) is 5.84 Å². The summed E-state index contributed by atoms with van der Waals surface area (Å²) in [5, 5.41) is 11.8. The van der Waals surface area contributed by atoms with E-state index >= 15 is 0 Å². The van der Waals surface area contributed by atoms with E-state index in [2.05, 4.69) is 26.8 Å². The Balaban J connectivity index is 2.08. The van der Waals surface area contributed by atoms with E-state index in [1.54, 1.807) is 16.3 Å². The van der Waals surface area contributed by atoms with E-state index < -0.39 is 5.97 Å². The lowest BCUT2D eigenvalue weighted by molar-refractivity contribution is 0.0696. The molecule has 1 aromatic carbocycles. The van der Waals surface area contributed by atoms with Crippen LogP contribution in [0, 0.1) is 5.41 Å². The highest BCUT2D eigenvalue weighted by atomic mass is 32.1. The number of fused-ring (bicyclic) bond motifs is 1. The Morgan fingerprint density at radius 2 is 2.08 bits per heavy atom. The average molecular weight is 373 g/mol. The second-order valence-corrected chi connectivity index (χ2v) is 9.09. The summed E-state index contributed by atoms with van der Waals surface area (Å²) in [6, 6.07) is 8.06. The first kappa shape index (κ1) is 19.1. The van der Waals surface area contributed by atoms with Crippen LogP contribution in [0.5, 0.6) is 0 Å². The molecule has 1 heterocycles. The fourth-order valence-electron chi connectivity index (χ4n) is 3.80. The number of hydrogen-bond acceptors (Lipinski definition) is 4. The van der Waals surface area contributed by atoms with Crippen molar-refractivity contribution >= 4 is 17.3 Å². The highest BCUT2D eigenvalue weighted by Gasteiger charge is 2.33. The molecule has 3 rings (SSSR count). The third kappa shape index (κ3) is 3.85. The first-order chi connectivity index (χ1) is 12.3. The molecule has 0 bridgehead atoms. The number of carboxylic acids is 1. The van der Waals surface area contributed by atoms with Crippen molar-refractivity contribution < 1.29 is 9.90 Å². The van der Waals surface area contributed by atoms with Gasteiger partial charge in [0.05, 0.1) is 5.56 Å². The van der Waals surface area contributed by atoms with Gasteiger partial charge in [-0.2, -0.15) is 0 Å². The highest BCUT2D eigenvalue weighted by Crippen LogP contribution is 2.45. The molecular formula is C21H28N2O2S. The van der Waals surface area contributed by atoms with Crippen molar-refractivity contribution in [3.05, 3.63) is 45.8 Å². The maximum atomic E-state index is 12.1. The molecule has 140 valence electrons. The number of carbonyl (C=O) groups is 1. The zero-order valence-electron chi connectivity index (χ0n) is 15.8. The van der Waals surface area contributed by atoms with Gasteiger partial charge in [0.1, 0.15) is 0 Å². The van der Waals surface area contributed by atoms with Gasteiger partial charge in [0.2, 0.25) is 0 Å². The van der Waals surface area contributed by atoms with Crippen LogP contribution in [0.2, 0.25) is 0 Å². The maximum absolute atomic E-state index is 12.1. The van der Waals surface area contributed by atoms with Gasteiger partial charge in [-0.05, 0) is 47.8 Å². The van der Waals surface area contributed by atoms with Gasteiger partial charge in [0.15, 0.2) is 0 Å². The lowest BCUT2D eigenvalue weighted by Crippen LogP contribution is -2.31. The normalized spacial score (nSPS) is 15.9. The maximum Gasteiger partial charge on any atom is 0.337 e. The van der Waals surface area contributed by atoms with Gasteiger partial charge in [-0.15, -0.1) is 11.3 Å². The Morgan fingerprint density at radius 3 is 2.77 bits per heavy atom. The fourth-order valence-corrected chi connectivity index (χ4v) is 5.17. The van der Waals surface area contributed by atoms with Crippen LogP contribution in [0.4, 0.5) is 0 Å². The molecule has 0 atom stereocenters. The zero-order valence-corrected chi connectivity index (χ0v) is 16.7. The molecule has 3 N–H and O–H groups in total. The first-order valence-corrected chi connectivity index (χ1v) is 10.1. The second kappa shape index (κ2) is 7.51. The minimum atomic E-state index is -0.817. The lowest BCUT2D eigenvalue weighted by atomic mass is 9.76. The third-order valence-corrected chi connectivity index (χ3v) is 6.46. The van der Waals surface area contributed by atoms with Gasteiger partial charge < -0.3 is 5.11 Å². The average Bonchev–Trinajstić information content (AvgIpc) is 2.92. The molecule has 0 unspecified atom stereocenters. The monoisotopic (exact) mass is 372 g/mol. The van der Waals surface area contributed by atoms with E-state index in [0.29, 0.717) is 12.1 Å². The molecule has 0 fully saturated rings. The number of rotatable bonds is 6. The smallest absolute Gasteiger partial charge is 0.337 e. The van der Waals surface area contributed by atoms with Crippen molar-refractivity contribution in [2.24, 2.45) is 11.3 Å². The number of hydrogen-bond donors (Lipinski definition) is 2. The number of aryl methyl sites for hydroxylation is 1. The molecule has 0 spiro atoms. The van der Waals surface area contributed by atoms with Crippen LogP contribution in [-0.4, -0.2) is 22.6 Å². The van der Waals surface area contributed by atoms with Gasteiger partial charge in [0.25, 0.3) is 0 Å². The Morgan fingerprint density at radius 1 is 1.35 bits per heavy atom. The minimum absolute atomic E-state index is 0.157. The second-order valence-electron chi connectivity index (χ2n) is 7.98. The summed E-state index contributed by atoms with van der Waals surface area (Å²) in [7, 11) is 0. The van der Waals surface area contributed by atoms with E-state index in [1.165, 1.54) is 4.88 Å². The molecule has 1 aliphatic rings. The number of aromatic carboxylic acids is 1. The summed E-state index contributed by atoms with van der Waals surface area (Å²) >= 11 is 1.66. The van der Waals surface area contributed by atoms with Gasteiger partial charge in [0, 0.05) is 22.8 Å². The van der Waals surface area contributed by atoms with Gasteiger partial charge in [-0.3, -0.25) is 5.84 Å². The number of nitrogens with two attached hydrogens (primary N) is 1. The largest absolute Gasteiger partial charge is 0.478 e. The van der Waals surface area contributed by atoms with Crippen molar-refractivity contribution in [3.8, 4) is 10.4 Å². The van der Waals surface area contributed by atoms with E-state index in [-0.39, 0.29) is 5.41 Å². The van der Waals surface area contributed by atoms with Crippen molar-refractivity contribution in [2.75, 3.05) is 6.54 Å². The van der Waals surface area contributed by atoms with Crippen molar-refractivity contribution in [1.29, 1.82) is 0 Å². The molecule has 1 aliphatic carbocycles. The van der Waals surface area contributed by atoms with E-state index in [9.17, 15) is 9.90 Å². The summed E-state index contributed by atoms with van der Waals surface area (Å²) in [6.45, 7) is 7.99. The van der Waals surface area contributed by atoms with Crippen LogP contribution in [0.25, 0.3) is 10.4 Å². The minimum Gasteiger partial charge on any atom is -0.478 e. The lowest BCUT2D eigenvalue weighted by Gasteiger charge is -2.29. The SMILES string of the molecule is CCCN(N)Cc1ccccc1-c1sc2c(c1C(=O)O)CC(C)(C)CC2. The summed E-state index contributed by atoms with van der Waals surface area (Å²) in [5.41, 5.74) is 3.80. The molecular weight excluding hydrogens is 344 g/mol. The number of carboxylic acid groups (broad SMARTS) is 1. The summed E-state index contributed by atoms with van der Waals surface area (Å²) in [6.07, 6.45) is 3.89. The first-order valence-electron chi connectivity index (χ1n) is 9.28. The molecule has 0 amide bonds. The number of thiophene rings is 1. The number of benzene rings is 1. The molecule has 0 saturated carbocycles. The number of hydrazine groups is 1. The molecule has 0 saturated heterocycles. The Kier molecular flexibility index (Phi) is 5.51. The molecule has 0 aliphatic heterocycles. The Bertz CT molecular complexity index is 810. The van der Waals surface area contributed by atoms with Crippen molar-refractivity contribution in [1.82, 2.24) is 5.01 Å². The molecule has 0 radical (unpaired) electrons. The highest BCUT2D eigenvalue weighted by molar-refractivity contribution is 7.16. The van der Waals surface area contributed by atoms with Crippen LogP contribution in [0.3, 0.4) is 0 Å². The van der Waals surface area contributed by atoms with E-state index in [1.807, 2.05) is 18.2 Å². The van der Waals surface area contributed by atoms with Gasteiger partial charge >= 0.3 is 5.97 Å². The Labute approximate surface area is 159 Å². The van der Waals surface area contributed by atoms with Crippen LogP contribution in [0.1, 0.15) is 60.0 Å². The van der Waals surface area contributed by atoms with Crippen LogP contribution < -0.4 is 5.84 Å².